The van der Waals surface area contributed by atoms with Crippen molar-refractivity contribution in [3.8, 4) is 6.07 Å². The maximum Gasteiger partial charge on any atom is 0.119 e. The molecule has 0 amide bonds. The maximum atomic E-state index is 9.21. The van der Waals surface area contributed by atoms with E-state index >= 15 is 0 Å². The molecule has 0 aromatic heterocycles. The third kappa shape index (κ3) is 2.08. The smallest absolute Gasteiger partial charge is 0.119 e. The van der Waals surface area contributed by atoms with Crippen LogP contribution in [0.2, 0.25) is 0 Å². The maximum absolute atomic E-state index is 9.21. The van der Waals surface area contributed by atoms with Crippen molar-refractivity contribution in [2.45, 2.75) is 50.5 Å². The first-order chi connectivity index (χ1) is 6.85. The van der Waals surface area contributed by atoms with Crippen molar-refractivity contribution in [1.29, 1.82) is 5.26 Å². The number of nitrogens with one attached hydrogen (secondary N) is 1. The molecule has 3 nitrogen and oxygen atoms in total. The summed E-state index contributed by atoms with van der Waals surface area (Å²) in [5.41, 5.74) is 3.23. The first-order valence-corrected chi connectivity index (χ1v) is 5.79. The molecule has 14 heavy (non-hydrogen) atoms. The molecule has 1 N–H and O–H groups in total. The van der Waals surface area contributed by atoms with E-state index in [0.29, 0.717) is 0 Å². The molecule has 1 heterocycles. The van der Waals surface area contributed by atoms with Gasteiger partial charge < -0.3 is 0 Å². The molecule has 0 bridgehead atoms. The van der Waals surface area contributed by atoms with E-state index < -0.39 is 0 Å². The van der Waals surface area contributed by atoms with Crippen molar-refractivity contribution in [2.75, 3.05) is 13.1 Å². The molecule has 0 aromatic carbocycles. The molecular formula is C11H19N3. The summed E-state index contributed by atoms with van der Waals surface area (Å²) in [4.78, 5) is 0. The summed E-state index contributed by atoms with van der Waals surface area (Å²) in [6.45, 7) is 2.23. The minimum atomic E-state index is -0.225. The van der Waals surface area contributed by atoms with Crippen molar-refractivity contribution < 1.29 is 0 Å². The molecule has 1 aliphatic carbocycles. The monoisotopic (exact) mass is 193 g/mol. The number of rotatable bonds is 2. The van der Waals surface area contributed by atoms with Gasteiger partial charge in [-0.3, -0.25) is 0 Å². The summed E-state index contributed by atoms with van der Waals surface area (Å²) >= 11 is 0. The largest absolute Gasteiger partial charge is 0.243 e. The molecule has 78 valence electrons. The molecule has 0 aromatic rings. The molecule has 1 saturated heterocycles. The van der Waals surface area contributed by atoms with Gasteiger partial charge in [-0.1, -0.05) is 19.3 Å². The highest BCUT2D eigenvalue weighted by Gasteiger charge is 2.35. The van der Waals surface area contributed by atoms with Crippen molar-refractivity contribution in [2.24, 2.45) is 0 Å². The SMILES string of the molecule is N#CC1(NN2CCCCC2)CCCC1. The molecule has 1 saturated carbocycles. The second-order valence-electron chi connectivity index (χ2n) is 4.56. The van der Waals surface area contributed by atoms with E-state index in [-0.39, 0.29) is 5.54 Å². The number of nitriles is 1. The van der Waals surface area contributed by atoms with E-state index in [0.717, 1.165) is 25.9 Å². The highest BCUT2D eigenvalue weighted by molar-refractivity contribution is 5.09. The van der Waals surface area contributed by atoms with Gasteiger partial charge in [0.15, 0.2) is 0 Å². The summed E-state index contributed by atoms with van der Waals surface area (Å²) in [6.07, 6.45) is 8.35. The van der Waals surface area contributed by atoms with Crippen LogP contribution in [0.25, 0.3) is 0 Å². The van der Waals surface area contributed by atoms with Crippen LogP contribution in [0, 0.1) is 11.3 Å². The molecule has 0 spiro atoms. The molecule has 0 radical (unpaired) electrons. The van der Waals surface area contributed by atoms with Crippen molar-refractivity contribution in [3.63, 3.8) is 0 Å². The zero-order valence-corrected chi connectivity index (χ0v) is 8.76. The van der Waals surface area contributed by atoms with Gasteiger partial charge in [-0.15, -0.1) is 0 Å². The van der Waals surface area contributed by atoms with Crippen LogP contribution >= 0.6 is 0 Å². The fourth-order valence-electron chi connectivity index (χ4n) is 2.54. The number of nitrogens with zero attached hydrogens (tertiary/aromatic N) is 2. The Balaban J connectivity index is 1.90. The minimum Gasteiger partial charge on any atom is -0.243 e. The Morgan fingerprint density at radius 2 is 1.64 bits per heavy atom. The van der Waals surface area contributed by atoms with Gasteiger partial charge in [-0.2, -0.15) is 5.26 Å². The number of hydrazine groups is 1. The molecule has 2 fully saturated rings. The normalized spacial score (nSPS) is 27.4. The standard InChI is InChI=1S/C11H19N3/c12-10-11(6-2-3-7-11)13-14-8-4-1-5-9-14/h13H,1-9H2. The van der Waals surface area contributed by atoms with Gasteiger partial charge in [0.05, 0.1) is 6.07 Å². The van der Waals surface area contributed by atoms with Crippen molar-refractivity contribution in [3.05, 3.63) is 0 Å². The third-order valence-corrected chi connectivity index (χ3v) is 3.40. The number of hydrogen-bond acceptors (Lipinski definition) is 3. The fourth-order valence-corrected chi connectivity index (χ4v) is 2.54. The summed E-state index contributed by atoms with van der Waals surface area (Å²) in [7, 11) is 0. The van der Waals surface area contributed by atoms with Crippen LogP contribution in [0.3, 0.4) is 0 Å². The van der Waals surface area contributed by atoms with E-state index in [1.165, 1.54) is 32.1 Å². The molecule has 1 aliphatic heterocycles. The summed E-state index contributed by atoms with van der Waals surface area (Å²) in [6, 6.07) is 2.47. The van der Waals surface area contributed by atoms with Crippen LogP contribution in [-0.2, 0) is 0 Å². The van der Waals surface area contributed by atoms with Crippen LogP contribution in [-0.4, -0.2) is 23.6 Å². The van der Waals surface area contributed by atoms with Crippen LogP contribution in [0.1, 0.15) is 44.9 Å². The first kappa shape index (κ1) is 9.95. The predicted molar refractivity (Wildman–Crippen MR) is 55.4 cm³/mol. The quantitative estimate of drug-likeness (QED) is 0.727. The second-order valence-corrected chi connectivity index (χ2v) is 4.56. The lowest BCUT2D eigenvalue weighted by Crippen LogP contribution is -2.53. The third-order valence-electron chi connectivity index (χ3n) is 3.40. The topological polar surface area (TPSA) is 39.1 Å². The zero-order chi connectivity index (χ0) is 9.86. The molecule has 3 heteroatoms. The predicted octanol–water partition coefficient (Wildman–Crippen LogP) is 1.81. The number of piperidine rings is 1. The average Bonchev–Trinajstić information content (AvgIpc) is 2.69. The average molecular weight is 193 g/mol. The van der Waals surface area contributed by atoms with Gasteiger partial charge in [0, 0.05) is 13.1 Å². The lowest BCUT2D eigenvalue weighted by atomic mass is 10.0. The van der Waals surface area contributed by atoms with Gasteiger partial charge in [0.2, 0.25) is 0 Å². The fraction of sp³-hybridized carbons (Fsp3) is 0.909. The molecule has 2 aliphatic rings. The van der Waals surface area contributed by atoms with Gasteiger partial charge in [0.25, 0.3) is 0 Å². The minimum absolute atomic E-state index is 0.225. The molecule has 2 rings (SSSR count). The van der Waals surface area contributed by atoms with E-state index in [4.69, 9.17) is 0 Å². The summed E-state index contributed by atoms with van der Waals surface area (Å²) in [5.74, 6) is 0. The van der Waals surface area contributed by atoms with Gasteiger partial charge >= 0.3 is 0 Å². The Morgan fingerprint density at radius 1 is 1.00 bits per heavy atom. The highest BCUT2D eigenvalue weighted by Crippen LogP contribution is 2.29. The lowest BCUT2D eigenvalue weighted by Gasteiger charge is -2.34. The van der Waals surface area contributed by atoms with Gasteiger partial charge in [-0.05, 0) is 25.7 Å². The Hall–Kier alpha value is -0.590. The Bertz CT molecular complexity index is 219. The van der Waals surface area contributed by atoms with E-state index in [2.05, 4.69) is 16.5 Å². The van der Waals surface area contributed by atoms with E-state index in [1.807, 2.05) is 0 Å². The Kier molecular flexibility index (Phi) is 3.05. The lowest BCUT2D eigenvalue weighted by molar-refractivity contribution is 0.106. The molecular weight excluding hydrogens is 174 g/mol. The number of hydrogen-bond donors (Lipinski definition) is 1. The van der Waals surface area contributed by atoms with Gasteiger partial charge in [0.1, 0.15) is 5.54 Å². The zero-order valence-electron chi connectivity index (χ0n) is 8.76. The highest BCUT2D eigenvalue weighted by atomic mass is 15.5. The summed E-state index contributed by atoms with van der Waals surface area (Å²) in [5, 5.41) is 11.5. The van der Waals surface area contributed by atoms with Crippen LogP contribution in [0.15, 0.2) is 0 Å². The Morgan fingerprint density at radius 3 is 2.21 bits per heavy atom. The first-order valence-electron chi connectivity index (χ1n) is 5.79. The van der Waals surface area contributed by atoms with E-state index in [1.54, 1.807) is 0 Å². The molecule has 0 atom stereocenters. The van der Waals surface area contributed by atoms with Crippen LogP contribution < -0.4 is 5.43 Å². The molecule has 0 unspecified atom stereocenters. The van der Waals surface area contributed by atoms with E-state index in [9.17, 15) is 5.26 Å². The van der Waals surface area contributed by atoms with Crippen molar-refractivity contribution >= 4 is 0 Å². The summed E-state index contributed by atoms with van der Waals surface area (Å²) < 4.78 is 0. The van der Waals surface area contributed by atoms with Crippen molar-refractivity contribution in [1.82, 2.24) is 10.4 Å². The Labute approximate surface area is 86.0 Å². The van der Waals surface area contributed by atoms with Crippen LogP contribution in [0.4, 0.5) is 0 Å². The second kappa shape index (κ2) is 4.29. The van der Waals surface area contributed by atoms with Crippen LogP contribution in [0.5, 0.6) is 0 Å². The van der Waals surface area contributed by atoms with Gasteiger partial charge in [-0.25, -0.2) is 10.4 Å².